The minimum Gasteiger partial charge on any atom is -0.481 e. The van der Waals surface area contributed by atoms with E-state index < -0.39 is 47.1 Å². The minimum atomic E-state index is -1.41. The monoisotopic (exact) mass is 302 g/mol. The molecule has 8 heteroatoms. The van der Waals surface area contributed by atoms with Gasteiger partial charge in [0.15, 0.2) is 11.6 Å². The van der Waals surface area contributed by atoms with Gasteiger partial charge < -0.3 is 15.3 Å². The van der Waals surface area contributed by atoms with Gasteiger partial charge in [-0.25, -0.2) is 18.0 Å². The highest BCUT2D eigenvalue weighted by atomic mass is 19.2. The van der Waals surface area contributed by atoms with Crippen molar-refractivity contribution in [2.45, 2.75) is 19.4 Å². The average molecular weight is 302 g/mol. The fourth-order valence-corrected chi connectivity index (χ4v) is 2.39. The SMILES string of the molecule is CC1C(C(=O)O)CCN1C(=O)Nc1cc(F)cc(F)c1F. The number of urea groups is 1. The van der Waals surface area contributed by atoms with Crippen LogP contribution in [0.15, 0.2) is 12.1 Å². The summed E-state index contributed by atoms with van der Waals surface area (Å²) in [6.07, 6.45) is 0.268. The van der Waals surface area contributed by atoms with Gasteiger partial charge in [0.05, 0.1) is 11.6 Å². The highest BCUT2D eigenvalue weighted by Gasteiger charge is 2.38. The van der Waals surface area contributed by atoms with Crippen LogP contribution >= 0.6 is 0 Å². The Morgan fingerprint density at radius 3 is 2.57 bits per heavy atom. The van der Waals surface area contributed by atoms with E-state index in [2.05, 4.69) is 5.32 Å². The molecule has 0 aliphatic carbocycles. The number of hydrogen-bond donors (Lipinski definition) is 2. The number of hydrogen-bond acceptors (Lipinski definition) is 2. The number of benzene rings is 1. The molecule has 0 aromatic heterocycles. The van der Waals surface area contributed by atoms with Gasteiger partial charge in [-0.3, -0.25) is 4.79 Å². The van der Waals surface area contributed by atoms with E-state index in [4.69, 9.17) is 5.11 Å². The molecule has 2 unspecified atom stereocenters. The lowest BCUT2D eigenvalue weighted by Gasteiger charge is -2.23. The summed E-state index contributed by atoms with van der Waals surface area (Å²) in [4.78, 5) is 24.1. The molecule has 1 aliphatic heterocycles. The Bertz CT molecular complexity index is 594. The summed E-state index contributed by atoms with van der Waals surface area (Å²) in [6, 6.07) is -0.366. The molecule has 2 atom stereocenters. The number of likely N-dealkylation sites (tertiary alicyclic amines) is 1. The Morgan fingerprint density at radius 2 is 2.00 bits per heavy atom. The van der Waals surface area contributed by atoms with E-state index >= 15 is 0 Å². The molecule has 1 saturated heterocycles. The van der Waals surface area contributed by atoms with E-state index in [1.165, 1.54) is 4.90 Å². The van der Waals surface area contributed by atoms with Crippen molar-refractivity contribution in [1.29, 1.82) is 0 Å². The molecule has 0 radical (unpaired) electrons. The van der Waals surface area contributed by atoms with Crippen LogP contribution in [0.4, 0.5) is 23.7 Å². The normalized spacial score (nSPS) is 21.4. The molecule has 1 aliphatic rings. The predicted octanol–water partition coefficient (Wildman–Crippen LogP) is 2.43. The number of rotatable bonds is 2. The van der Waals surface area contributed by atoms with E-state index in [0.717, 1.165) is 0 Å². The number of aliphatic carboxylic acids is 1. The Kier molecular flexibility index (Phi) is 4.06. The smallest absolute Gasteiger partial charge is 0.322 e. The number of nitrogens with zero attached hydrogens (tertiary/aromatic N) is 1. The van der Waals surface area contributed by atoms with Crippen LogP contribution in [0.5, 0.6) is 0 Å². The first kappa shape index (κ1) is 15.1. The zero-order valence-corrected chi connectivity index (χ0v) is 11.1. The molecular formula is C13H13F3N2O3. The molecule has 114 valence electrons. The van der Waals surface area contributed by atoms with Crippen LogP contribution in [0.3, 0.4) is 0 Å². The van der Waals surface area contributed by atoms with Crippen LogP contribution in [0.25, 0.3) is 0 Å². The molecule has 2 N–H and O–H groups in total. The highest BCUT2D eigenvalue weighted by Crippen LogP contribution is 2.26. The largest absolute Gasteiger partial charge is 0.481 e. The number of carboxylic acids is 1. The number of halogens is 3. The van der Waals surface area contributed by atoms with Crippen molar-refractivity contribution >= 4 is 17.7 Å². The van der Waals surface area contributed by atoms with Crippen molar-refractivity contribution < 1.29 is 27.9 Å². The molecule has 0 bridgehead atoms. The second-order valence-corrected chi connectivity index (χ2v) is 4.85. The van der Waals surface area contributed by atoms with Crippen molar-refractivity contribution in [3.8, 4) is 0 Å². The van der Waals surface area contributed by atoms with Gasteiger partial charge >= 0.3 is 12.0 Å². The van der Waals surface area contributed by atoms with Gasteiger partial charge in [0.25, 0.3) is 0 Å². The molecule has 1 heterocycles. The molecule has 5 nitrogen and oxygen atoms in total. The maximum Gasteiger partial charge on any atom is 0.322 e. The van der Waals surface area contributed by atoms with Crippen LogP contribution in [-0.4, -0.2) is 34.6 Å². The first-order valence-electron chi connectivity index (χ1n) is 6.26. The summed E-state index contributed by atoms with van der Waals surface area (Å²) in [5, 5.41) is 11.0. The first-order chi connectivity index (χ1) is 9.81. The second kappa shape index (κ2) is 5.63. The van der Waals surface area contributed by atoms with Crippen LogP contribution < -0.4 is 5.32 Å². The van der Waals surface area contributed by atoms with Gasteiger partial charge in [-0.1, -0.05) is 0 Å². The number of amides is 2. The first-order valence-corrected chi connectivity index (χ1v) is 6.26. The predicted molar refractivity (Wildman–Crippen MR) is 67.2 cm³/mol. The summed E-state index contributed by atoms with van der Waals surface area (Å²) in [7, 11) is 0. The maximum atomic E-state index is 13.5. The standard InChI is InChI=1S/C13H13F3N2O3/c1-6-8(12(19)20)2-3-18(6)13(21)17-10-5-7(14)4-9(15)11(10)16/h4-6,8H,2-3H2,1H3,(H,17,21)(H,19,20). The highest BCUT2D eigenvalue weighted by molar-refractivity contribution is 5.90. The number of carboxylic acid groups (broad SMARTS) is 1. The Morgan fingerprint density at radius 1 is 1.33 bits per heavy atom. The van der Waals surface area contributed by atoms with E-state index in [-0.39, 0.29) is 13.0 Å². The van der Waals surface area contributed by atoms with Crippen molar-refractivity contribution in [3.63, 3.8) is 0 Å². The van der Waals surface area contributed by atoms with Gasteiger partial charge in [0.2, 0.25) is 0 Å². The molecular weight excluding hydrogens is 289 g/mol. The second-order valence-electron chi connectivity index (χ2n) is 4.85. The zero-order chi connectivity index (χ0) is 15.7. The van der Waals surface area contributed by atoms with E-state index in [0.29, 0.717) is 12.1 Å². The average Bonchev–Trinajstić information content (AvgIpc) is 2.77. The van der Waals surface area contributed by atoms with Crippen molar-refractivity contribution in [3.05, 3.63) is 29.6 Å². The molecule has 1 fully saturated rings. The molecule has 1 aromatic carbocycles. The Balaban J connectivity index is 2.14. The van der Waals surface area contributed by atoms with Crippen molar-refractivity contribution in [1.82, 2.24) is 4.90 Å². The minimum absolute atomic E-state index is 0.170. The zero-order valence-electron chi connectivity index (χ0n) is 11.1. The van der Waals surface area contributed by atoms with Gasteiger partial charge in [-0.2, -0.15) is 0 Å². The molecule has 0 spiro atoms. The van der Waals surface area contributed by atoms with Crippen LogP contribution in [0.2, 0.25) is 0 Å². The summed E-state index contributed by atoms with van der Waals surface area (Å²) in [6.45, 7) is 1.72. The third-order valence-corrected chi connectivity index (χ3v) is 3.57. The molecule has 2 rings (SSSR count). The lowest BCUT2D eigenvalue weighted by molar-refractivity contribution is -0.142. The number of anilines is 1. The fourth-order valence-electron chi connectivity index (χ4n) is 2.39. The quantitative estimate of drug-likeness (QED) is 0.824. The van der Waals surface area contributed by atoms with Crippen LogP contribution in [-0.2, 0) is 4.79 Å². The van der Waals surface area contributed by atoms with Gasteiger partial charge in [-0.15, -0.1) is 0 Å². The molecule has 1 aromatic rings. The van der Waals surface area contributed by atoms with E-state index in [1.807, 2.05) is 0 Å². The van der Waals surface area contributed by atoms with Crippen LogP contribution in [0.1, 0.15) is 13.3 Å². The van der Waals surface area contributed by atoms with E-state index in [9.17, 15) is 22.8 Å². The fraction of sp³-hybridized carbons (Fsp3) is 0.385. The van der Waals surface area contributed by atoms with Gasteiger partial charge in [0, 0.05) is 24.7 Å². The number of carbonyl (C=O) groups is 2. The maximum absolute atomic E-state index is 13.5. The lowest BCUT2D eigenvalue weighted by atomic mass is 10.0. The third-order valence-electron chi connectivity index (χ3n) is 3.57. The number of nitrogens with one attached hydrogen (secondary N) is 1. The van der Waals surface area contributed by atoms with Crippen molar-refractivity contribution in [2.75, 3.05) is 11.9 Å². The molecule has 2 amide bonds. The molecule has 21 heavy (non-hydrogen) atoms. The van der Waals surface area contributed by atoms with E-state index in [1.54, 1.807) is 6.92 Å². The number of carbonyl (C=O) groups excluding carboxylic acids is 1. The topological polar surface area (TPSA) is 69.6 Å². The van der Waals surface area contributed by atoms with Gasteiger partial charge in [0.1, 0.15) is 5.82 Å². The lowest BCUT2D eigenvalue weighted by Crippen LogP contribution is -2.40. The summed E-state index contributed by atoms with van der Waals surface area (Å²) in [5.74, 6) is -5.55. The summed E-state index contributed by atoms with van der Waals surface area (Å²) in [5.41, 5.74) is -0.622. The molecule has 0 saturated carbocycles. The Hall–Kier alpha value is -2.25. The van der Waals surface area contributed by atoms with Crippen molar-refractivity contribution in [2.24, 2.45) is 5.92 Å². The van der Waals surface area contributed by atoms with Gasteiger partial charge in [-0.05, 0) is 13.3 Å². The third kappa shape index (κ3) is 2.93. The van der Waals surface area contributed by atoms with Crippen LogP contribution in [0, 0.1) is 23.4 Å². The summed E-state index contributed by atoms with van der Waals surface area (Å²) >= 11 is 0. The summed E-state index contributed by atoms with van der Waals surface area (Å²) < 4.78 is 39.5. The Labute approximate surface area is 118 Å².